The average Bonchev–Trinajstić information content (AvgIpc) is 2.33. The summed E-state index contributed by atoms with van der Waals surface area (Å²) >= 11 is 0. The molecule has 0 unspecified atom stereocenters. The van der Waals surface area contributed by atoms with Crippen LogP contribution in [0.25, 0.3) is 0 Å². The van der Waals surface area contributed by atoms with E-state index in [0.29, 0.717) is 5.56 Å². The van der Waals surface area contributed by atoms with Gasteiger partial charge in [0.2, 0.25) is 5.92 Å². The first-order valence-corrected chi connectivity index (χ1v) is 3.77. The molecule has 1 rings (SSSR count). The monoisotopic (exact) mass is 195 g/mol. The van der Waals surface area contributed by atoms with Gasteiger partial charge in [-0.1, -0.05) is 0 Å². The summed E-state index contributed by atoms with van der Waals surface area (Å²) in [4.78, 5) is 3.73. The molecule has 0 amide bonds. The van der Waals surface area contributed by atoms with Crippen LogP contribution in [0.5, 0.6) is 0 Å². The molecule has 15 heavy (non-hydrogen) atoms. The molecule has 1 aromatic rings. The van der Waals surface area contributed by atoms with Gasteiger partial charge in [-0.15, -0.1) is 0 Å². The Morgan fingerprint density at radius 2 is 1.67 bits per heavy atom. The van der Waals surface area contributed by atoms with E-state index in [2.05, 4.69) is 4.98 Å². The van der Waals surface area contributed by atoms with Gasteiger partial charge in [-0.25, -0.2) is 0 Å². The van der Waals surface area contributed by atoms with E-state index in [1.54, 1.807) is 18.3 Å². The van der Waals surface area contributed by atoms with Crippen molar-refractivity contribution in [1.82, 2.24) is 4.98 Å². The number of hydrogen-bond donors (Lipinski definition) is 0. The zero-order valence-electron chi connectivity index (χ0n) is 7.62. The Morgan fingerprint density at radius 3 is 1.87 bits per heavy atom. The molecule has 0 atom stereocenters. The Kier molecular flexibility index (Phi) is 6.25. The summed E-state index contributed by atoms with van der Waals surface area (Å²) in [7, 11) is 0. The SMILES string of the molecule is N#CC(C#N)C#N.N#Cc1cccnc1. The van der Waals surface area contributed by atoms with Crippen molar-refractivity contribution < 1.29 is 0 Å². The minimum Gasteiger partial charge on any atom is -0.263 e. The van der Waals surface area contributed by atoms with Gasteiger partial charge < -0.3 is 0 Å². The molecule has 0 N–H and O–H groups in total. The van der Waals surface area contributed by atoms with Gasteiger partial charge in [-0.05, 0) is 12.1 Å². The lowest BCUT2D eigenvalue weighted by Crippen LogP contribution is -1.82. The Bertz CT molecular complexity index is 419. The van der Waals surface area contributed by atoms with Gasteiger partial charge >= 0.3 is 0 Å². The van der Waals surface area contributed by atoms with Crippen molar-refractivity contribution in [3.05, 3.63) is 30.1 Å². The molecule has 0 saturated carbocycles. The third kappa shape index (κ3) is 5.36. The highest BCUT2D eigenvalue weighted by Gasteiger charge is 1.97. The van der Waals surface area contributed by atoms with Gasteiger partial charge in [0.1, 0.15) is 6.07 Å². The Morgan fingerprint density at radius 1 is 1.07 bits per heavy atom. The Hall–Kier alpha value is -2.89. The molecule has 1 heterocycles. The maximum atomic E-state index is 8.25. The third-order valence-electron chi connectivity index (χ3n) is 1.18. The van der Waals surface area contributed by atoms with Crippen LogP contribution in [-0.4, -0.2) is 4.98 Å². The van der Waals surface area contributed by atoms with E-state index < -0.39 is 5.92 Å². The van der Waals surface area contributed by atoms with Crippen molar-refractivity contribution in [3.63, 3.8) is 0 Å². The first-order chi connectivity index (χ1) is 7.28. The minimum absolute atomic E-state index is 0.604. The molecule has 0 aliphatic heterocycles. The number of hydrogen-bond acceptors (Lipinski definition) is 5. The van der Waals surface area contributed by atoms with Crippen LogP contribution in [0.3, 0.4) is 0 Å². The molecule has 0 bridgehead atoms. The summed E-state index contributed by atoms with van der Waals surface area (Å²) in [5.74, 6) is -1.10. The second-order valence-corrected chi connectivity index (χ2v) is 2.17. The smallest absolute Gasteiger partial charge is 0.218 e. The van der Waals surface area contributed by atoms with Gasteiger partial charge in [0, 0.05) is 12.4 Å². The molecule has 0 fully saturated rings. The van der Waals surface area contributed by atoms with Crippen molar-refractivity contribution in [2.75, 3.05) is 0 Å². The van der Waals surface area contributed by atoms with E-state index >= 15 is 0 Å². The Labute approximate surface area is 87.1 Å². The van der Waals surface area contributed by atoms with E-state index in [1.165, 1.54) is 24.4 Å². The van der Waals surface area contributed by atoms with E-state index in [1.807, 2.05) is 6.07 Å². The van der Waals surface area contributed by atoms with Crippen LogP contribution >= 0.6 is 0 Å². The van der Waals surface area contributed by atoms with Crippen molar-refractivity contribution in [2.24, 2.45) is 5.92 Å². The van der Waals surface area contributed by atoms with Crippen molar-refractivity contribution in [1.29, 1.82) is 21.0 Å². The van der Waals surface area contributed by atoms with E-state index in [4.69, 9.17) is 21.0 Å². The average molecular weight is 195 g/mol. The zero-order valence-corrected chi connectivity index (χ0v) is 7.62. The number of nitriles is 4. The predicted octanol–water partition coefficient (Wildman–Crippen LogP) is 1.13. The zero-order chi connectivity index (χ0) is 11.5. The lowest BCUT2D eigenvalue weighted by atomic mass is 10.2. The lowest BCUT2D eigenvalue weighted by molar-refractivity contribution is 1.10. The number of pyridine rings is 1. The van der Waals surface area contributed by atoms with Crippen LogP contribution in [-0.2, 0) is 0 Å². The molecule has 0 spiro atoms. The molecule has 0 radical (unpaired) electrons. The van der Waals surface area contributed by atoms with Crippen molar-refractivity contribution >= 4 is 0 Å². The Balaban J connectivity index is 0.000000265. The van der Waals surface area contributed by atoms with Crippen molar-refractivity contribution in [3.8, 4) is 24.3 Å². The normalized spacial score (nSPS) is 7.00. The largest absolute Gasteiger partial charge is 0.263 e. The fourth-order valence-corrected chi connectivity index (χ4v) is 0.515. The van der Waals surface area contributed by atoms with Gasteiger partial charge in [0.25, 0.3) is 0 Å². The lowest BCUT2D eigenvalue weighted by Gasteiger charge is -1.79. The second kappa shape index (κ2) is 7.74. The highest BCUT2D eigenvalue weighted by molar-refractivity contribution is 5.23. The van der Waals surface area contributed by atoms with Crippen LogP contribution in [0.2, 0.25) is 0 Å². The summed E-state index contributed by atoms with van der Waals surface area (Å²) in [6.45, 7) is 0. The summed E-state index contributed by atoms with van der Waals surface area (Å²) in [6.07, 6.45) is 3.17. The quantitative estimate of drug-likeness (QED) is 0.616. The van der Waals surface area contributed by atoms with Crippen LogP contribution in [0.15, 0.2) is 24.5 Å². The summed E-state index contributed by atoms with van der Waals surface area (Å²) in [5.41, 5.74) is 0.604. The molecular formula is C10H5N5. The number of aromatic nitrogens is 1. The molecule has 0 saturated heterocycles. The van der Waals surface area contributed by atoms with Crippen LogP contribution in [0.4, 0.5) is 0 Å². The molecule has 1 aromatic heterocycles. The second-order valence-electron chi connectivity index (χ2n) is 2.17. The third-order valence-corrected chi connectivity index (χ3v) is 1.18. The van der Waals surface area contributed by atoms with Gasteiger partial charge in [0.05, 0.1) is 23.8 Å². The maximum absolute atomic E-state index is 8.25. The first-order valence-electron chi connectivity index (χ1n) is 3.77. The highest BCUT2D eigenvalue weighted by Crippen LogP contribution is 1.89. The van der Waals surface area contributed by atoms with Gasteiger partial charge in [-0.2, -0.15) is 21.0 Å². The van der Waals surface area contributed by atoms with Crippen LogP contribution in [0, 0.1) is 51.2 Å². The molecule has 0 aromatic carbocycles. The fraction of sp³-hybridized carbons (Fsp3) is 0.100. The first kappa shape index (κ1) is 12.1. The van der Waals surface area contributed by atoms with Crippen molar-refractivity contribution in [2.45, 2.75) is 0 Å². The number of nitrogens with zero attached hydrogens (tertiary/aromatic N) is 5. The van der Waals surface area contributed by atoms with Gasteiger partial charge in [-0.3, -0.25) is 4.98 Å². The van der Waals surface area contributed by atoms with E-state index in [0.717, 1.165) is 0 Å². The molecule has 5 nitrogen and oxygen atoms in total. The van der Waals surface area contributed by atoms with Gasteiger partial charge in [0.15, 0.2) is 0 Å². The molecule has 0 aliphatic carbocycles. The number of rotatable bonds is 0. The molecule has 70 valence electrons. The summed E-state index contributed by atoms with van der Waals surface area (Å²) in [6, 6.07) is 9.85. The topological polar surface area (TPSA) is 108 Å². The summed E-state index contributed by atoms with van der Waals surface area (Å²) in [5, 5.41) is 31.7. The minimum atomic E-state index is -1.10. The van der Waals surface area contributed by atoms with Crippen LogP contribution < -0.4 is 0 Å². The fourth-order valence-electron chi connectivity index (χ4n) is 0.515. The molecule has 0 aliphatic rings. The predicted molar refractivity (Wildman–Crippen MR) is 49.3 cm³/mol. The van der Waals surface area contributed by atoms with E-state index in [9.17, 15) is 0 Å². The summed E-state index contributed by atoms with van der Waals surface area (Å²) < 4.78 is 0. The highest BCUT2D eigenvalue weighted by atomic mass is 14.6. The van der Waals surface area contributed by atoms with Crippen LogP contribution in [0.1, 0.15) is 5.56 Å². The standard InChI is InChI=1S/C6H4N2.C4HN3/c7-4-6-2-1-3-8-5-6;5-1-4(2-6)3-7/h1-3,5H;4H. The maximum Gasteiger partial charge on any atom is 0.218 e. The van der Waals surface area contributed by atoms with E-state index in [-0.39, 0.29) is 0 Å². The molecular weight excluding hydrogens is 190 g/mol. The molecule has 5 heteroatoms.